The number of hydrogen-bond acceptors (Lipinski definition) is 4. The maximum absolute atomic E-state index is 14.6. The summed E-state index contributed by atoms with van der Waals surface area (Å²) in [4.78, 5) is 45.6. The zero-order chi connectivity index (χ0) is 25.5. The highest BCUT2D eigenvalue weighted by molar-refractivity contribution is 6.34. The average molecular weight is 512 g/mol. The predicted octanol–water partition coefficient (Wildman–Crippen LogP) is 4.92. The third-order valence-corrected chi connectivity index (χ3v) is 9.32. The van der Waals surface area contributed by atoms with Gasteiger partial charge >= 0.3 is 0 Å². The molecule has 2 spiro atoms. The Morgan fingerprint density at radius 1 is 0.973 bits per heavy atom. The molecule has 3 aromatic carbocycles. The summed E-state index contributed by atoms with van der Waals surface area (Å²) in [6.07, 6.45) is 2.35. The third kappa shape index (κ3) is 2.57. The number of aryl methyl sites for hydroxylation is 1. The Hall–Kier alpha value is -3.48. The lowest BCUT2D eigenvalue weighted by Gasteiger charge is -2.43. The van der Waals surface area contributed by atoms with Gasteiger partial charge in [0.2, 0.25) is 5.91 Å². The molecular weight excluding hydrogens is 486 g/mol. The second-order valence-corrected chi connectivity index (χ2v) is 10.8. The summed E-state index contributed by atoms with van der Waals surface area (Å²) in [6, 6.07) is 20.2. The molecule has 0 saturated carbocycles. The van der Waals surface area contributed by atoms with Crippen LogP contribution in [0.4, 0.5) is 11.4 Å². The normalized spacial score (nSPS) is 29.4. The summed E-state index contributed by atoms with van der Waals surface area (Å²) in [5.41, 5.74) is 1.49. The van der Waals surface area contributed by atoms with Crippen molar-refractivity contribution in [3.05, 3.63) is 94.0 Å². The van der Waals surface area contributed by atoms with E-state index in [2.05, 4.69) is 28.5 Å². The average Bonchev–Trinajstić information content (AvgIpc) is 3.62. The van der Waals surface area contributed by atoms with E-state index in [0.29, 0.717) is 34.1 Å². The first kappa shape index (κ1) is 22.7. The number of para-hydroxylation sites is 1. The molecule has 7 heteroatoms. The summed E-state index contributed by atoms with van der Waals surface area (Å²) in [5, 5.41) is 6.53. The Labute approximate surface area is 220 Å². The van der Waals surface area contributed by atoms with Crippen molar-refractivity contribution in [2.24, 2.45) is 5.92 Å². The zero-order valence-corrected chi connectivity index (χ0v) is 21.1. The number of fused-ring (bicyclic) bond motifs is 7. The van der Waals surface area contributed by atoms with Gasteiger partial charge < -0.3 is 10.6 Å². The van der Waals surface area contributed by atoms with Crippen LogP contribution in [0.25, 0.3) is 0 Å². The molecule has 4 aliphatic heterocycles. The van der Waals surface area contributed by atoms with E-state index in [1.165, 1.54) is 0 Å². The van der Waals surface area contributed by atoms with E-state index in [-0.39, 0.29) is 23.6 Å². The Balaban J connectivity index is 1.60. The van der Waals surface area contributed by atoms with Gasteiger partial charge in [0.25, 0.3) is 5.91 Å². The minimum Gasteiger partial charge on any atom is -0.325 e. The minimum absolute atomic E-state index is 0.195. The molecule has 4 heterocycles. The number of amides is 2. The van der Waals surface area contributed by atoms with E-state index in [1.807, 2.05) is 36.4 Å². The fraction of sp³-hybridized carbons (Fsp3) is 0.300. The van der Waals surface area contributed by atoms with Gasteiger partial charge in [0.15, 0.2) is 5.78 Å². The summed E-state index contributed by atoms with van der Waals surface area (Å²) in [6.45, 7) is 2.69. The third-order valence-electron chi connectivity index (χ3n) is 8.99. The number of nitrogens with one attached hydrogen (secondary N) is 2. The van der Waals surface area contributed by atoms with Gasteiger partial charge in [-0.05, 0) is 61.2 Å². The molecule has 0 bridgehead atoms. The van der Waals surface area contributed by atoms with Gasteiger partial charge in [0.05, 0.1) is 10.9 Å². The lowest BCUT2D eigenvalue weighted by atomic mass is 9.57. The van der Waals surface area contributed by atoms with Crippen LogP contribution in [0, 0.1) is 5.92 Å². The molecule has 0 aliphatic carbocycles. The molecule has 2 amide bonds. The number of halogens is 1. The van der Waals surface area contributed by atoms with E-state index >= 15 is 0 Å². The Kier molecular flexibility index (Phi) is 4.76. The number of carbonyl (C=O) groups is 3. The molecule has 37 heavy (non-hydrogen) atoms. The predicted molar refractivity (Wildman–Crippen MR) is 142 cm³/mol. The van der Waals surface area contributed by atoms with Crippen LogP contribution in [-0.4, -0.2) is 35.1 Å². The monoisotopic (exact) mass is 511 g/mol. The van der Waals surface area contributed by atoms with Crippen LogP contribution in [0.2, 0.25) is 5.02 Å². The van der Waals surface area contributed by atoms with Gasteiger partial charge in [-0.2, -0.15) is 0 Å². The molecule has 186 valence electrons. The molecule has 4 atom stereocenters. The van der Waals surface area contributed by atoms with Crippen LogP contribution in [-0.2, 0) is 27.0 Å². The SMILES string of the molecule is CCc1ccc2c(c1)[C@]1(C(=O)N2)N2CCC[C@H]2[C@@H](C(=O)c2ccccc2Cl)[C@]12C(=O)Nc1ccccc12. The molecule has 0 unspecified atom stereocenters. The summed E-state index contributed by atoms with van der Waals surface area (Å²) in [7, 11) is 0. The number of hydrogen-bond donors (Lipinski definition) is 2. The first-order valence-electron chi connectivity index (χ1n) is 12.9. The molecular formula is C30H26ClN3O3. The topological polar surface area (TPSA) is 78.5 Å². The molecule has 3 aromatic rings. The van der Waals surface area contributed by atoms with Crippen molar-refractivity contribution in [3.63, 3.8) is 0 Å². The molecule has 7 rings (SSSR count). The standard InChI is InChI=1S/C30H26ClN3O3/c1-2-17-13-14-23-20(16-17)30(28(37)33-23)29(19-9-4-6-11-22(19)32-27(29)36)25(24-12-7-15-34(24)30)26(35)18-8-3-5-10-21(18)31/h3-6,8-11,13-14,16,24-25H,2,7,12,15H2,1H3,(H,32,36)(H,33,37)/t24-,25-,29+,30+/m0/s1. The van der Waals surface area contributed by atoms with Crippen molar-refractivity contribution in [1.29, 1.82) is 0 Å². The summed E-state index contributed by atoms with van der Waals surface area (Å²) in [5.74, 6) is -1.54. The van der Waals surface area contributed by atoms with E-state index in [0.717, 1.165) is 30.4 Å². The van der Waals surface area contributed by atoms with Crippen molar-refractivity contribution in [3.8, 4) is 0 Å². The van der Waals surface area contributed by atoms with Gasteiger partial charge in [0.1, 0.15) is 11.0 Å². The van der Waals surface area contributed by atoms with Gasteiger partial charge in [-0.1, -0.05) is 61.0 Å². The molecule has 4 aliphatic rings. The summed E-state index contributed by atoms with van der Waals surface area (Å²) < 4.78 is 0. The second kappa shape index (κ2) is 7.76. The molecule has 2 saturated heterocycles. The first-order valence-corrected chi connectivity index (χ1v) is 13.2. The van der Waals surface area contributed by atoms with Crippen molar-refractivity contribution in [2.75, 3.05) is 17.2 Å². The molecule has 2 fully saturated rings. The lowest BCUT2D eigenvalue weighted by molar-refractivity contribution is -0.137. The Bertz CT molecular complexity index is 1520. The molecule has 0 aromatic heterocycles. The molecule has 0 radical (unpaired) electrons. The van der Waals surface area contributed by atoms with Crippen LogP contribution in [0.3, 0.4) is 0 Å². The fourth-order valence-electron chi connectivity index (χ4n) is 7.67. The summed E-state index contributed by atoms with van der Waals surface area (Å²) >= 11 is 6.56. The van der Waals surface area contributed by atoms with E-state index < -0.39 is 16.9 Å². The number of anilines is 2. The van der Waals surface area contributed by atoms with E-state index in [1.54, 1.807) is 24.3 Å². The van der Waals surface area contributed by atoms with Crippen LogP contribution >= 0.6 is 11.6 Å². The maximum atomic E-state index is 14.6. The highest BCUT2D eigenvalue weighted by atomic mass is 35.5. The van der Waals surface area contributed by atoms with Gasteiger partial charge in [-0.15, -0.1) is 0 Å². The van der Waals surface area contributed by atoms with Gasteiger partial charge in [-0.3, -0.25) is 19.3 Å². The van der Waals surface area contributed by atoms with Gasteiger partial charge in [-0.25, -0.2) is 0 Å². The largest absolute Gasteiger partial charge is 0.325 e. The number of carbonyl (C=O) groups excluding carboxylic acids is 3. The molecule has 6 nitrogen and oxygen atoms in total. The van der Waals surface area contributed by atoms with E-state index in [9.17, 15) is 14.4 Å². The van der Waals surface area contributed by atoms with E-state index in [4.69, 9.17) is 11.6 Å². The highest BCUT2D eigenvalue weighted by Crippen LogP contribution is 2.68. The van der Waals surface area contributed by atoms with Crippen molar-refractivity contribution in [1.82, 2.24) is 4.90 Å². The second-order valence-electron chi connectivity index (χ2n) is 10.4. The highest BCUT2D eigenvalue weighted by Gasteiger charge is 2.81. The van der Waals surface area contributed by atoms with Crippen molar-refractivity contribution in [2.45, 2.75) is 43.2 Å². The Morgan fingerprint density at radius 2 is 1.70 bits per heavy atom. The zero-order valence-electron chi connectivity index (χ0n) is 20.4. The number of rotatable bonds is 3. The van der Waals surface area contributed by atoms with Crippen LogP contribution in [0.5, 0.6) is 0 Å². The number of nitrogens with zero attached hydrogens (tertiary/aromatic N) is 1. The smallest absolute Gasteiger partial charge is 0.251 e. The number of Topliss-reactive ketones (excluding diaryl/α,β-unsaturated/α-hetero) is 1. The number of ketones is 1. The quantitative estimate of drug-likeness (QED) is 0.489. The van der Waals surface area contributed by atoms with Crippen LogP contribution in [0.15, 0.2) is 66.7 Å². The van der Waals surface area contributed by atoms with Gasteiger partial charge in [0, 0.05) is 28.5 Å². The molecule has 2 N–H and O–H groups in total. The minimum atomic E-state index is -1.45. The maximum Gasteiger partial charge on any atom is 0.251 e. The fourth-order valence-corrected chi connectivity index (χ4v) is 7.90. The Morgan fingerprint density at radius 3 is 2.51 bits per heavy atom. The number of benzene rings is 3. The lowest BCUT2D eigenvalue weighted by Crippen LogP contribution is -2.62. The van der Waals surface area contributed by atoms with Crippen molar-refractivity contribution >= 4 is 40.6 Å². The van der Waals surface area contributed by atoms with Crippen LogP contribution < -0.4 is 10.6 Å². The van der Waals surface area contributed by atoms with Crippen LogP contribution in [0.1, 0.15) is 46.8 Å². The first-order chi connectivity index (χ1) is 18.0. The van der Waals surface area contributed by atoms with Crippen molar-refractivity contribution < 1.29 is 14.4 Å².